The van der Waals surface area contributed by atoms with E-state index in [0.717, 1.165) is 32.4 Å². The van der Waals surface area contributed by atoms with Crippen LogP contribution in [0.5, 0.6) is 0 Å². The number of likely N-dealkylation sites (tertiary alicyclic amines) is 1. The van der Waals surface area contributed by atoms with Crippen LogP contribution in [0.25, 0.3) is 0 Å². The van der Waals surface area contributed by atoms with Gasteiger partial charge in [-0.1, -0.05) is 43.7 Å². The van der Waals surface area contributed by atoms with E-state index >= 15 is 0 Å². The molecule has 0 unspecified atom stereocenters. The molecule has 0 spiro atoms. The van der Waals surface area contributed by atoms with E-state index in [9.17, 15) is 4.79 Å². The van der Waals surface area contributed by atoms with Gasteiger partial charge in [-0.05, 0) is 37.8 Å². The molecule has 0 aliphatic carbocycles. The standard InChI is InChI=1S/C17H26N2O/c1-3-7-14(2)18-17(20)13-19-11-10-16(12-19)15-8-5-4-6-9-15/h4-6,8-9,14,16H,3,7,10-13H2,1-2H3,(H,18,20)/t14-,16-/m0/s1. The van der Waals surface area contributed by atoms with Gasteiger partial charge in [0.25, 0.3) is 0 Å². The second-order valence-corrected chi connectivity index (χ2v) is 5.89. The summed E-state index contributed by atoms with van der Waals surface area (Å²) >= 11 is 0. The maximum atomic E-state index is 12.0. The molecule has 0 aromatic heterocycles. The fourth-order valence-corrected chi connectivity index (χ4v) is 3.00. The van der Waals surface area contributed by atoms with Gasteiger partial charge in [-0.2, -0.15) is 0 Å². The average Bonchev–Trinajstić information content (AvgIpc) is 2.88. The molecular formula is C17H26N2O. The van der Waals surface area contributed by atoms with Gasteiger partial charge in [0.05, 0.1) is 6.54 Å². The van der Waals surface area contributed by atoms with Crippen LogP contribution in [-0.2, 0) is 4.79 Å². The summed E-state index contributed by atoms with van der Waals surface area (Å²) in [4.78, 5) is 14.2. The van der Waals surface area contributed by atoms with Crippen molar-refractivity contribution in [2.45, 2.75) is 45.1 Å². The van der Waals surface area contributed by atoms with E-state index in [4.69, 9.17) is 0 Å². The van der Waals surface area contributed by atoms with E-state index in [1.165, 1.54) is 5.56 Å². The number of amides is 1. The molecular weight excluding hydrogens is 248 g/mol. The summed E-state index contributed by atoms with van der Waals surface area (Å²) in [6, 6.07) is 10.9. The van der Waals surface area contributed by atoms with Crippen molar-refractivity contribution in [3.63, 3.8) is 0 Å². The first-order chi connectivity index (χ1) is 9.69. The number of nitrogens with zero attached hydrogens (tertiary/aromatic N) is 1. The molecule has 0 saturated carbocycles. The molecule has 3 nitrogen and oxygen atoms in total. The van der Waals surface area contributed by atoms with Crippen LogP contribution in [0, 0.1) is 0 Å². The number of rotatable bonds is 6. The van der Waals surface area contributed by atoms with Crippen molar-refractivity contribution >= 4 is 5.91 Å². The predicted octanol–water partition coefficient (Wildman–Crippen LogP) is 2.78. The summed E-state index contributed by atoms with van der Waals surface area (Å²) in [5.74, 6) is 0.747. The van der Waals surface area contributed by atoms with Crippen molar-refractivity contribution in [2.75, 3.05) is 19.6 Å². The minimum absolute atomic E-state index is 0.166. The van der Waals surface area contributed by atoms with E-state index in [0.29, 0.717) is 18.5 Å². The van der Waals surface area contributed by atoms with E-state index in [1.807, 2.05) is 0 Å². The zero-order valence-corrected chi connectivity index (χ0v) is 12.6. The third-order valence-electron chi connectivity index (χ3n) is 4.04. The Balaban J connectivity index is 1.77. The third-order valence-corrected chi connectivity index (χ3v) is 4.04. The first-order valence-corrected chi connectivity index (χ1v) is 7.75. The lowest BCUT2D eigenvalue weighted by Crippen LogP contribution is -2.40. The summed E-state index contributed by atoms with van der Waals surface area (Å²) in [6.45, 7) is 6.79. The molecule has 1 aliphatic rings. The number of hydrogen-bond acceptors (Lipinski definition) is 2. The SMILES string of the molecule is CCC[C@H](C)NC(=O)CN1CC[C@H](c2ccccc2)C1. The van der Waals surface area contributed by atoms with Crippen molar-refractivity contribution in [1.82, 2.24) is 10.2 Å². The van der Waals surface area contributed by atoms with Gasteiger partial charge in [0.2, 0.25) is 5.91 Å². The Hall–Kier alpha value is -1.35. The van der Waals surface area contributed by atoms with Crippen molar-refractivity contribution in [3.05, 3.63) is 35.9 Å². The van der Waals surface area contributed by atoms with Crippen LogP contribution in [-0.4, -0.2) is 36.5 Å². The maximum Gasteiger partial charge on any atom is 0.234 e. The van der Waals surface area contributed by atoms with Crippen LogP contribution in [0.2, 0.25) is 0 Å². The summed E-state index contributed by atoms with van der Waals surface area (Å²) in [5, 5.41) is 3.08. The maximum absolute atomic E-state index is 12.0. The van der Waals surface area contributed by atoms with Gasteiger partial charge in [0.15, 0.2) is 0 Å². The van der Waals surface area contributed by atoms with E-state index in [2.05, 4.69) is 54.4 Å². The van der Waals surface area contributed by atoms with Gasteiger partial charge in [0, 0.05) is 12.6 Å². The highest BCUT2D eigenvalue weighted by atomic mass is 16.2. The molecule has 0 radical (unpaired) electrons. The fourth-order valence-electron chi connectivity index (χ4n) is 3.00. The molecule has 2 rings (SSSR count). The highest BCUT2D eigenvalue weighted by molar-refractivity contribution is 5.78. The molecule has 110 valence electrons. The number of nitrogens with one attached hydrogen (secondary N) is 1. The van der Waals surface area contributed by atoms with Gasteiger partial charge in [0.1, 0.15) is 0 Å². The van der Waals surface area contributed by atoms with Gasteiger partial charge in [-0.3, -0.25) is 9.69 Å². The minimum atomic E-state index is 0.166. The summed E-state index contributed by atoms with van der Waals surface area (Å²) in [7, 11) is 0. The smallest absolute Gasteiger partial charge is 0.234 e. The lowest BCUT2D eigenvalue weighted by Gasteiger charge is -2.18. The van der Waals surface area contributed by atoms with E-state index < -0.39 is 0 Å². The minimum Gasteiger partial charge on any atom is -0.353 e. The van der Waals surface area contributed by atoms with E-state index in [1.54, 1.807) is 0 Å². The fraction of sp³-hybridized carbons (Fsp3) is 0.588. The Morgan fingerprint density at radius 1 is 1.40 bits per heavy atom. The monoisotopic (exact) mass is 274 g/mol. The van der Waals surface area contributed by atoms with Gasteiger partial charge < -0.3 is 5.32 Å². The second-order valence-electron chi connectivity index (χ2n) is 5.89. The third kappa shape index (κ3) is 4.34. The zero-order chi connectivity index (χ0) is 14.4. The first kappa shape index (κ1) is 15.0. The number of hydrogen-bond donors (Lipinski definition) is 1. The normalized spacial score (nSPS) is 20.8. The predicted molar refractivity (Wildman–Crippen MR) is 82.8 cm³/mol. The molecule has 2 atom stereocenters. The molecule has 3 heteroatoms. The molecule has 1 fully saturated rings. The molecule has 20 heavy (non-hydrogen) atoms. The molecule has 1 N–H and O–H groups in total. The highest BCUT2D eigenvalue weighted by Crippen LogP contribution is 2.26. The molecule has 1 saturated heterocycles. The Morgan fingerprint density at radius 2 is 2.15 bits per heavy atom. The van der Waals surface area contributed by atoms with Crippen LogP contribution < -0.4 is 5.32 Å². The van der Waals surface area contributed by atoms with Crippen molar-refractivity contribution in [2.24, 2.45) is 0 Å². The lowest BCUT2D eigenvalue weighted by molar-refractivity contribution is -0.122. The molecule has 1 aromatic carbocycles. The second kappa shape index (κ2) is 7.44. The number of carbonyl (C=O) groups is 1. The average molecular weight is 274 g/mol. The van der Waals surface area contributed by atoms with Crippen molar-refractivity contribution < 1.29 is 4.79 Å². The van der Waals surface area contributed by atoms with Crippen LogP contribution in [0.4, 0.5) is 0 Å². The molecule has 0 bridgehead atoms. The summed E-state index contributed by atoms with van der Waals surface area (Å²) < 4.78 is 0. The quantitative estimate of drug-likeness (QED) is 0.865. The Bertz CT molecular complexity index is 418. The molecule has 1 heterocycles. The van der Waals surface area contributed by atoms with Crippen molar-refractivity contribution in [3.8, 4) is 0 Å². The largest absolute Gasteiger partial charge is 0.353 e. The summed E-state index contributed by atoms with van der Waals surface area (Å²) in [5.41, 5.74) is 1.40. The number of benzene rings is 1. The lowest BCUT2D eigenvalue weighted by atomic mass is 9.99. The van der Waals surface area contributed by atoms with Gasteiger partial charge in [-0.15, -0.1) is 0 Å². The highest BCUT2D eigenvalue weighted by Gasteiger charge is 2.25. The van der Waals surface area contributed by atoms with Gasteiger partial charge in [-0.25, -0.2) is 0 Å². The Morgan fingerprint density at radius 3 is 2.85 bits per heavy atom. The van der Waals surface area contributed by atoms with E-state index in [-0.39, 0.29) is 5.91 Å². The number of carbonyl (C=O) groups excluding carboxylic acids is 1. The summed E-state index contributed by atoms with van der Waals surface area (Å²) in [6.07, 6.45) is 3.32. The van der Waals surface area contributed by atoms with Crippen LogP contribution in [0.3, 0.4) is 0 Å². The zero-order valence-electron chi connectivity index (χ0n) is 12.6. The molecule has 1 aliphatic heterocycles. The topological polar surface area (TPSA) is 32.3 Å². The Labute approximate surface area is 122 Å². The van der Waals surface area contributed by atoms with Crippen LogP contribution in [0.15, 0.2) is 30.3 Å². The first-order valence-electron chi connectivity index (χ1n) is 7.75. The van der Waals surface area contributed by atoms with Gasteiger partial charge >= 0.3 is 0 Å². The van der Waals surface area contributed by atoms with Crippen LogP contribution >= 0.6 is 0 Å². The molecule has 1 aromatic rings. The molecule has 1 amide bonds. The van der Waals surface area contributed by atoms with Crippen molar-refractivity contribution in [1.29, 1.82) is 0 Å². The Kier molecular flexibility index (Phi) is 5.60. The van der Waals surface area contributed by atoms with Crippen LogP contribution in [0.1, 0.15) is 44.6 Å².